The van der Waals surface area contributed by atoms with E-state index < -0.39 is 10.9 Å². The minimum Gasteiger partial charge on any atom is -0.398 e. The number of anilines is 1. The molecule has 0 aliphatic heterocycles. The van der Waals surface area contributed by atoms with Crippen molar-refractivity contribution in [2.75, 3.05) is 12.8 Å². The van der Waals surface area contributed by atoms with Gasteiger partial charge < -0.3 is 5.73 Å². The molecule has 0 saturated carbocycles. The molecule has 0 radical (unpaired) electrons. The summed E-state index contributed by atoms with van der Waals surface area (Å²) in [5, 5.41) is 10.3. The minimum absolute atomic E-state index is 0.00213. The van der Waals surface area contributed by atoms with Crippen molar-refractivity contribution < 1.29 is 9.31 Å². The smallest absolute Gasteiger partial charge is 0.271 e. The topological polar surface area (TPSA) is 81.5 Å². The highest BCUT2D eigenvalue weighted by Gasteiger charge is 2.11. The molecule has 0 amide bonds. The summed E-state index contributed by atoms with van der Waals surface area (Å²) in [6.45, 7) is 0. The van der Waals surface area contributed by atoms with Crippen LogP contribution in [0.25, 0.3) is 0 Å². The molecule has 1 aromatic rings. The van der Waals surface area contributed by atoms with Crippen LogP contribution in [-0.4, -0.2) is 17.9 Å². The van der Waals surface area contributed by atoms with Crippen LogP contribution in [0.3, 0.4) is 0 Å². The second-order valence-corrected chi connectivity index (χ2v) is 2.54. The van der Waals surface area contributed by atoms with E-state index in [-0.39, 0.29) is 16.9 Å². The van der Waals surface area contributed by atoms with Crippen molar-refractivity contribution in [3.8, 4) is 0 Å². The molecule has 0 heterocycles. The number of nitrogen functional groups attached to an aromatic ring is 1. The third-order valence-corrected chi connectivity index (χ3v) is 1.66. The molecule has 5 nitrogen and oxygen atoms in total. The molecule has 0 atom stereocenters. The molecule has 0 aliphatic carbocycles. The molecule has 0 unspecified atom stereocenters. The normalized spacial score (nSPS) is 11.4. The van der Waals surface area contributed by atoms with Gasteiger partial charge in [-0.1, -0.05) is 0 Å². The van der Waals surface area contributed by atoms with E-state index in [0.717, 1.165) is 6.07 Å². The standard InChI is InChI=1S/C8H8FN3O2/c1-11-8(9)6-3-2-5(12(13)14)4-7(6)10/h2-4H,10H2,1H3. The number of nitrogens with zero attached hydrogens (tertiary/aromatic N) is 2. The first kappa shape index (κ1) is 10.1. The molecule has 6 heteroatoms. The number of non-ortho nitro benzene ring substituents is 1. The lowest BCUT2D eigenvalue weighted by molar-refractivity contribution is -0.384. The predicted molar refractivity (Wildman–Crippen MR) is 51.1 cm³/mol. The van der Waals surface area contributed by atoms with Gasteiger partial charge in [-0.15, -0.1) is 0 Å². The summed E-state index contributed by atoms with van der Waals surface area (Å²) in [6, 6.07) is 3.51. The van der Waals surface area contributed by atoms with Gasteiger partial charge in [-0.25, -0.2) is 0 Å². The third kappa shape index (κ3) is 1.85. The molecule has 1 rings (SSSR count). The average molecular weight is 197 g/mol. The zero-order chi connectivity index (χ0) is 10.7. The van der Waals surface area contributed by atoms with Gasteiger partial charge in [0.2, 0.25) is 5.97 Å². The van der Waals surface area contributed by atoms with E-state index in [1.807, 2.05) is 0 Å². The molecule has 74 valence electrons. The van der Waals surface area contributed by atoms with Crippen molar-refractivity contribution in [1.82, 2.24) is 0 Å². The maximum absolute atomic E-state index is 13.0. The number of nitro groups is 1. The van der Waals surface area contributed by atoms with Crippen LogP contribution in [0.2, 0.25) is 0 Å². The first-order valence-corrected chi connectivity index (χ1v) is 3.73. The molecule has 0 fully saturated rings. The summed E-state index contributed by atoms with van der Waals surface area (Å²) >= 11 is 0. The number of nitrogens with two attached hydrogens (primary N) is 1. The van der Waals surface area contributed by atoms with Gasteiger partial charge in [0.1, 0.15) is 0 Å². The first-order valence-electron chi connectivity index (χ1n) is 3.73. The van der Waals surface area contributed by atoms with Gasteiger partial charge in [0.25, 0.3) is 5.69 Å². The summed E-state index contributed by atoms with van der Waals surface area (Å²) in [7, 11) is 1.27. The molecule has 2 N–H and O–H groups in total. The summed E-state index contributed by atoms with van der Waals surface area (Å²) in [5.41, 5.74) is 5.31. The Labute approximate surface area is 79.2 Å². The number of aliphatic imine (C=N–C) groups is 1. The number of rotatable bonds is 2. The third-order valence-electron chi connectivity index (χ3n) is 1.66. The zero-order valence-electron chi connectivity index (χ0n) is 7.40. The van der Waals surface area contributed by atoms with E-state index >= 15 is 0 Å². The highest BCUT2D eigenvalue weighted by Crippen LogP contribution is 2.20. The molecule has 0 spiro atoms. The number of hydrogen-bond donors (Lipinski definition) is 1. The second kappa shape index (κ2) is 3.82. The number of nitro benzene ring substituents is 1. The first-order chi connectivity index (χ1) is 6.56. The van der Waals surface area contributed by atoms with Gasteiger partial charge in [-0.05, 0) is 6.07 Å². The Hall–Kier alpha value is -1.98. The second-order valence-electron chi connectivity index (χ2n) is 2.54. The van der Waals surface area contributed by atoms with Crippen molar-refractivity contribution in [3.05, 3.63) is 33.9 Å². The van der Waals surface area contributed by atoms with Gasteiger partial charge in [-0.3, -0.25) is 15.1 Å². The van der Waals surface area contributed by atoms with E-state index in [1.54, 1.807) is 0 Å². The van der Waals surface area contributed by atoms with Gasteiger partial charge in [0.15, 0.2) is 0 Å². The van der Waals surface area contributed by atoms with Crippen molar-refractivity contribution >= 4 is 17.3 Å². The fourth-order valence-electron chi connectivity index (χ4n) is 0.972. The van der Waals surface area contributed by atoms with Crippen LogP contribution in [0.1, 0.15) is 5.56 Å². The van der Waals surface area contributed by atoms with E-state index in [2.05, 4.69) is 4.99 Å². The van der Waals surface area contributed by atoms with Crippen molar-refractivity contribution in [3.63, 3.8) is 0 Å². The Morgan fingerprint density at radius 2 is 2.29 bits per heavy atom. The molecule has 0 saturated heterocycles. The molecular weight excluding hydrogens is 189 g/mol. The van der Waals surface area contributed by atoms with E-state index in [1.165, 1.54) is 19.2 Å². The monoisotopic (exact) mass is 197 g/mol. The lowest BCUT2D eigenvalue weighted by Gasteiger charge is -2.00. The maximum atomic E-state index is 13.0. The maximum Gasteiger partial charge on any atom is 0.271 e. The van der Waals surface area contributed by atoms with Crippen molar-refractivity contribution in [1.29, 1.82) is 0 Å². The molecule has 1 aromatic carbocycles. The molecular formula is C8H8FN3O2. The van der Waals surface area contributed by atoms with E-state index in [4.69, 9.17) is 5.73 Å². The summed E-state index contributed by atoms with van der Waals surface area (Å²) in [6.07, 6.45) is 0. The minimum atomic E-state index is -0.739. The van der Waals surface area contributed by atoms with Gasteiger partial charge in [0, 0.05) is 19.2 Å². The lowest BCUT2D eigenvalue weighted by atomic mass is 10.1. The van der Waals surface area contributed by atoms with Gasteiger partial charge in [-0.2, -0.15) is 4.39 Å². The molecule has 14 heavy (non-hydrogen) atoms. The number of halogens is 1. The Balaban J connectivity index is 3.20. The quantitative estimate of drug-likeness (QED) is 0.337. The van der Waals surface area contributed by atoms with Crippen LogP contribution in [0.4, 0.5) is 15.8 Å². The lowest BCUT2D eigenvalue weighted by Crippen LogP contribution is -2.00. The fraction of sp³-hybridized carbons (Fsp3) is 0.125. The van der Waals surface area contributed by atoms with Crippen LogP contribution in [0.5, 0.6) is 0 Å². The highest BCUT2D eigenvalue weighted by atomic mass is 19.1. The average Bonchev–Trinajstić information content (AvgIpc) is 2.16. The van der Waals surface area contributed by atoms with Crippen LogP contribution < -0.4 is 5.73 Å². The zero-order valence-corrected chi connectivity index (χ0v) is 7.40. The number of benzene rings is 1. The van der Waals surface area contributed by atoms with E-state index in [9.17, 15) is 14.5 Å². The molecule has 0 bridgehead atoms. The SMILES string of the molecule is CN=C(F)c1ccc([N+](=O)[O-])cc1N. The Morgan fingerprint density at radius 1 is 1.64 bits per heavy atom. The Bertz CT molecular complexity index is 404. The van der Waals surface area contributed by atoms with Gasteiger partial charge >= 0.3 is 0 Å². The molecule has 0 aromatic heterocycles. The van der Waals surface area contributed by atoms with Crippen LogP contribution in [0.15, 0.2) is 23.2 Å². The largest absolute Gasteiger partial charge is 0.398 e. The van der Waals surface area contributed by atoms with Crippen LogP contribution >= 0.6 is 0 Å². The highest BCUT2D eigenvalue weighted by molar-refractivity contribution is 5.98. The van der Waals surface area contributed by atoms with Gasteiger partial charge in [0.05, 0.1) is 16.2 Å². The van der Waals surface area contributed by atoms with Crippen LogP contribution in [0, 0.1) is 10.1 Å². The fourth-order valence-corrected chi connectivity index (χ4v) is 0.972. The summed E-state index contributed by atoms with van der Waals surface area (Å²) < 4.78 is 13.0. The van der Waals surface area contributed by atoms with Crippen molar-refractivity contribution in [2.24, 2.45) is 4.99 Å². The Morgan fingerprint density at radius 3 is 2.71 bits per heavy atom. The predicted octanol–water partition coefficient (Wildman–Crippen LogP) is 1.52. The van der Waals surface area contributed by atoms with Crippen LogP contribution in [-0.2, 0) is 0 Å². The Kier molecular flexibility index (Phi) is 2.76. The molecule has 0 aliphatic rings. The summed E-state index contributed by atoms with van der Waals surface area (Å²) in [5.74, 6) is -0.739. The summed E-state index contributed by atoms with van der Waals surface area (Å²) in [4.78, 5) is 13.0. The van der Waals surface area contributed by atoms with Crippen molar-refractivity contribution in [2.45, 2.75) is 0 Å². The van der Waals surface area contributed by atoms with E-state index in [0.29, 0.717) is 0 Å². The number of hydrogen-bond acceptors (Lipinski definition) is 4.